The van der Waals surface area contributed by atoms with Gasteiger partial charge in [-0.25, -0.2) is 14.2 Å². The van der Waals surface area contributed by atoms with Crippen molar-refractivity contribution in [1.29, 1.82) is 0 Å². The SMILES string of the molecule is CNC(=O)[C@H]1CN(c2ccc(-c3ccc(-c4cnco4)nc3)c(F)c2)C(=O)O1. The van der Waals surface area contributed by atoms with Gasteiger partial charge in [0.05, 0.1) is 18.4 Å². The van der Waals surface area contributed by atoms with E-state index in [1.807, 2.05) is 0 Å². The largest absolute Gasteiger partial charge is 0.442 e. The minimum absolute atomic E-state index is 0.0186. The summed E-state index contributed by atoms with van der Waals surface area (Å²) in [5, 5.41) is 2.42. The van der Waals surface area contributed by atoms with Gasteiger partial charge in [-0.2, -0.15) is 0 Å². The molecule has 1 aliphatic heterocycles. The molecule has 2 aromatic heterocycles. The average Bonchev–Trinajstić information content (AvgIpc) is 3.37. The van der Waals surface area contributed by atoms with Crippen molar-refractivity contribution >= 4 is 17.7 Å². The Kier molecular flexibility index (Phi) is 4.48. The van der Waals surface area contributed by atoms with E-state index < -0.39 is 23.9 Å². The van der Waals surface area contributed by atoms with Crippen LogP contribution in [0.3, 0.4) is 0 Å². The molecular formula is C19H15FN4O4. The summed E-state index contributed by atoms with van der Waals surface area (Å²) >= 11 is 0. The molecule has 3 aromatic rings. The number of halogens is 1. The number of rotatable bonds is 4. The Hall–Kier alpha value is -3.75. The number of oxazole rings is 1. The average molecular weight is 382 g/mol. The van der Waals surface area contributed by atoms with E-state index in [1.165, 1.54) is 30.6 Å². The highest BCUT2D eigenvalue weighted by Gasteiger charge is 2.36. The summed E-state index contributed by atoms with van der Waals surface area (Å²) in [4.78, 5) is 33.0. The predicted octanol–water partition coefficient (Wildman–Crippen LogP) is 2.61. The van der Waals surface area contributed by atoms with Crippen molar-refractivity contribution in [3.8, 4) is 22.6 Å². The second-order valence-electron chi connectivity index (χ2n) is 6.06. The van der Waals surface area contributed by atoms with Crippen molar-refractivity contribution in [3.63, 3.8) is 0 Å². The van der Waals surface area contributed by atoms with E-state index in [2.05, 4.69) is 15.3 Å². The molecule has 28 heavy (non-hydrogen) atoms. The molecule has 1 saturated heterocycles. The molecule has 2 amide bonds. The van der Waals surface area contributed by atoms with Crippen molar-refractivity contribution in [3.05, 3.63) is 54.9 Å². The van der Waals surface area contributed by atoms with Crippen LogP contribution in [0.1, 0.15) is 0 Å². The Labute approximate surface area is 159 Å². The lowest BCUT2D eigenvalue weighted by Crippen LogP contribution is -2.35. The van der Waals surface area contributed by atoms with Gasteiger partial charge < -0.3 is 14.5 Å². The van der Waals surface area contributed by atoms with Crippen LogP contribution >= 0.6 is 0 Å². The molecule has 9 heteroatoms. The maximum Gasteiger partial charge on any atom is 0.415 e. The Morgan fingerprint density at radius 3 is 2.79 bits per heavy atom. The lowest BCUT2D eigenvalue weighted by atomic mass is 10.1. The van der Waals surface area contributed by atoms with Gasteiger partial charge in [-0.05, 0) is 24.3 Å². The number of hydrogen-bond donors (Lipinski definition) is 1. The number of benzene rings is 1. The lowest BCUT2D eigenvalue weighted by Gasteiger charge is -2.14. The zero-order valence-electron chi connectivity index (χ0n) is 14.8. The molecule has 1 atom stereocenters. The van der Waals surface area contributed by atoms with Crippen LogP contribution in [0, 0.1) is 5.82 Å². The van der Waals surface area contributed by atoms with Gasteiger partial charge in [0.25, 0.3) is 5.91 Å². The van der Waals surface area contributed by atoms with Crippen molar-refractivity contribution in [2.24, 2.45) is 0 Å². The van der Waals surface area contributed by atoms with Crippen molar-refractivity contribution in [2.75, 3.05) is 18.5 Å². The van der Waals surface area contributed by atoms with Gasteiger partial charge >= 0.3 is 6.09 Å². The molecule has 1 fully saturated rings. The third-order valence-corrected chi connectivity index (χ3v) is 4.37. The molecule has 0 bridgehead atoms. The van der Waals surface area contributed by atoms with Gasteiger partial charge in [0, 0.05) is 24.4 Å². The van der Waals surface area contributed by atoms with Crippen LogP contribution in [0.4, 0.5) is 14.9 Å². The minimum atomic E-state index is -0.923. The van der Waals surface area contributed by atoms with Gasteiger partial charge in [0.1, 0.15) is 11.5 Å². The molecule has 0 radical (unpaired) electrons. The first kappa shape index (κ1) is 17.7. The number of pyridine rings is 1. The van der Waals surface area contributed by atoms with Crippen LogP contribution in [0.5, 0.6) is 0 Å². The van der Waals surface area contributed by atoms with Crippen LogP contribution in [0.15, 0.2) is 53.5 Å². The van der Waals surface area contributed by atoms with Gasteiger partial charge in [0.2, 0.25) is 0 Å². The number of nitrogens with one attached hydrogen (secondary N) is 1. The Morgan fingerprint density at radius 1 is 1.29 bits per heavy atom. The summed E-state index contributed by atoms with van der Waals surface area (Å²) in [6, 6.07) is 7.80. The Morgan fingerprint density at radius 2 is 2.14 bits per heavy atom. The summed E-state index contributed by atoms with van der Waals surface area (Å²) in [6.07, 6.45) is 2.76. The second-order valence-corrected chi connectivity index (χ2v) is 6.06. The summed E-state index contributed by atoms with van der Waals surface area (Å²) in [6.45, 7) is 0.0186. The summed E-state index contributed by atoms with van der Waals surface area (Å²) < 4.78 is 24.9. The smallest absolute Gasteiger partial charge is 0.415 e. The number of aromatic nitrogens is 2. The number of likely N-dealkylation sites (N-methyl/N-ethyl adjacent to an activating group) is 1. The number of nitrogens with zero attached hydrogens (tertiary/aromatic N) is 3. The van der Waals surface area contributed by atoms with Crippen molar-refractivity contribution in [2.45, 2.75) is 6.10 Å². The summed E-state index contributed by atoms with van der Waals surface area (Å²) in [5.41, 5.74) is 1.79. The van der Waals surface area contributed by atoms with Gasteiger partial charge in [0.15, 0.2) is 18.3 Å². The van der Waals surface area contributed by atoms with E-state index in [9.17, 15) is 14.0 Å². The number of carbonyl (C=O) groups excluding carboxylic acids is 2. The molecule has 1 N–H and O–H groups in total. The highest BCUT2D eigenvalue weighted by molar-refractivity contribution is 5.95. The molecule has 0 unspecified atom stereocenters. The maximum absolute atomic E-state index is 14.7. The second kappa shape index (κ2) is 7.10. The summed E-state index contributed by atoms with van der Waals surface area (Å²) in [5.74, 6) is -0.422. The quantitative estimate of drug-likeness (QED) is 0.745. The minimum Gasteiger partial charge on any atom is -0.442 e. The van der Waals surface area contributed by atoms with Crippen molar-refractivity contribution < 1.29 is 23.1 Å². The molecule has 1 aliphatic rings. The van der Waals surface area contributed by atoms with E-state index in [-0.39, 0.29) is 6.54 Å². The Balaban J connectivity index is 1.57. The first-order valence-electron chi connectivity index (χ1n) is 8.41. The normalized spacial score (nSPS) is 16.1. The number of cyclic esters (lactones) is 1. The number of hydrogen-bond acceptors (Lipinski definition) is 6. The van der Waals surface area contributed by atoms with Gasteiger partial charge in [-0.1, -0.05) is 6.07 Å². The Bertz CT molecular complexity index is 1020. The predicted molar refractivity (Wildman–Crippen MR) is 96.8 cm³/mol. The lowest BCUT2D eigenvalue weighted by molar-refractivity contribution is -0.127. The fraction of sp³-hybridized carbons (Fsp3) is 0.158. The number of ether oxygens (including phenoxy) is 1. The molecule has 0 saturated carbocycles. The van der Waals surface area contributed by atoms with Gasteiger partial charge in [-0.15, -0.1) is 0 Å². The summed E-state index contributed by atoms with van der Waals surface area (Å²) in [7, 11) is 1.45. The zero-order valence-corrected chi connectivity index (χ0v) is 14.8. The van der Waals surface area contributed by atoms with E-state index in [0.29, 0.717) is 28.3 Å². The monoisotopic (exact) mass is 382 g/mol. The molecule has 4 rings (SSSR count). The molecule has 3 heterocycles. The highest BCUT2D eigenvalue weighted by Crippen LogP contribution is 2.29. The topological polar surface area (TPSA) is 97.6 Å². The fourth-order valence-corrected chi connectivity index (χ4v) is 2.92. The van der Waals surface area contributed by atoms with Crippen LogP contribution in [0.25, 0.3) is 22.6 Å². The zero-order chi connectivity index (χ0) is 19.7. The number of anilines is 1. The van der Waals surface area contributed by atoms with E-state index in [0.717, 1.165) is 0 Å². The first-order chi connectivity index (χ1) is 13.6. The third-order valence-electron chi connectivity index (χ3n) is 4.37. The highest BCUT2D eigenvalue weighted by atomic mass is 19.1. The third kappa shape index (κ3) is 3.18. The number of amides is 2. The number of carbonyl (C=O) groups is 2. The van der Waals surface area contributed by atoms with E-state index >= 15 is 0 Å². The first-order valence-corrected chi connectivity index (χ1v) is 8.41. The van der Waals surface area contributed by atoms with Crippen molar-refractivity contribution in [1.82, 2.24) is 15.3 Å². The van der Waals surface area contributed by atoms with Crippen LogP contribution < -0.4 is 10.2 Å². The van der Waals surface area contributed by atoms with Crippen LogP contribution in [-0.2, 0) is 9.53 Å². The molecule has 142 valence electrons. The van der Waals surface area contributed by atoms with E-state index in [4.69, 9.17) is 9.15 Å². The standard InChI is InChI=1S/C19H15FN4O4/c1-21-18(25)17-9-24(19(26)28-17)12-3-4-13(14(20)6-12)11-2-5-15(23-7-11)16-8-22-10-27-16/h2-8,10,17H,9H2,1H3,(H,21,25)/t17-/m1/s1. The molecule has 8 nitrogen and oxygen atoms in total. The van der Waals surface area contributed by atoms with E-state index in [1.54, 1.807) is 30.5 Å². The fourth-order valence-electron chi connectivity index (χ4n) is 2.92. The molecule has 1 aromatic carbocycles. The van der Waals surface area contributed by atoms with Crippen LogP contribution in [-0.4, -0.2) is 41.7 Å². The molecule has 0 spiro atoms. The maximum atomic E-state index is 14.7. The molecule has 0 aliphatic carbocycles. The van der Waals surface area contributed by atoms with Gasteiger partial charge in [-0.3, -0.25) is 14.7 Å². The molecular weight excluding hydrogens is 367 g/mol. The van der Waals surface area contributed by atoms with Crippen LogP contribution in [0.2, 0.25) is 0 Å².